The lowest BCUT2D eigenvalue weighted by atomic mass is 10.2. The number of aromatic hydroxyl groups is 1. The number of nitrogens with zero attached hydrogens (tertiary/aromatic N) is 1. The fourth-order valence-corrected chi connectivity index (χ4v) is 1.88. The number of hydrogen-bond donors (Lipinski definition) is 2. The van der Waals surface area contributed by atoms with Gasteiger partial charge in [-0.15, -0.1) is 0 Å². The van der Waals surface area contributed by atoms with Crippen molar-refractivity contribution in [2.24, 2.45) is 0 Å². The van der Waals surface area contributed by atoms with Crippen LogP contribution in [0.5, 0.6) is 5.75 Å². The Bertz CT molecular complexity index is 604. The zero-order valence-corrected chi connectivity index (χ0v) is 11.4. The third-order valence-electron chi connectivity index (χ3n) is 2.22. The molecule has 18 heavy (non-hydrogen) atoms. The van der Waals surface area contributed by atoms with Crippen LogP contribution in [0.1, 0.15) is 10.4 Å². The maximum Gasteiger partial charge on any atom is 0.259 e. The van der Waals surface area contributed by atoms with E-state index in [1.165, 1.54) is 18.5 Å². The summed E-state index contributed by atoms with van der Waals surface area (Å²) < 4.78 is 0.703. The highest BCUT2D eigenvalue weighted by atomic mass is 79.9. The summed E-state index contributed by atoms with van der Waals surface area (Å²) >= 11 is 9.15. The van der Waals surface area contributed by atoms with Gasteiger partial charge in [-0.2, -0.15) is 0 Å². The molecule has 92 valence electrons. The third-order valence-corrected chi connectivity index (χ3v) is 3.15. The molecule has 0 saturated carbocycles. The average Bonchev–Trinajstić information content (AvgIpc) is 2.34. The van der Waals surface area contributed by atoms with Crippen molar-refractivity contribution in [2.75, 3.05) is 5.32 Å². The number of anilines is 1. The number of carbonyl (C=O) groups is 1. The van der Waals surface area contributed by atoms with E-state index in [0.29, 0.717) is 15.2 Å². The standard InChI is InChI=1S/C12H8BrClN2O2/c13-9-2-1-7(14)5-10(9)16-12(18)8-3-4-15-6-11(8)17/h1-6,17H,(H,16,18). The van der Waals surface area contributed by atoms with Crippen LogP contribution in [-0.4, -0.2) is 16.0 Å². The van der Waals surface area contributed by atoms with E-state index in [9.17, 15) is 9.90 Å². The van der Waals surface area contributed by atoms with Crippen LogP contribution >= 0.6 is 27.5 Å². The number of aromatic nitrogens is 1. The molecular formula is C12H8BrClN2O2. The van der Waals surface area contributed by atoms with Crippen molar-refractivity contribution in [1.29, 1.82) is 0 Å². The lowest BCUT2D eigenvalue weighted by molar-refractivity contribution is 0.102. The van der Waals surface area contributed by atoms with Gasteiger partial charge in [0.1, 0.15) is 5.75 Å². The molecule has 0 aliphatic heterocycles. The first-order valence-electron chi connectivity index (χ1n) is 4.97. The second-order valence-electron chi connectivity index (χ2n) is 3.47. The number of nitrogens with one attached hydrogen (secondary N) is 1. The van der Waals surface area contributed by atoms with E-state index >= 15 is 0 Å². The summed E-state index contributed by atoms with van der Waals surface area (Å²) in [7, 11) is 0. The zero-order chi connectivity index (χ0) is 13.1. The number of hydrogen-bond acceptors (Lipinski definition) is 3. The van der Waals surface area contributed by atoms with Crippen molar-refractivity contribution in [3.63, 3.8) is 0 Å². The van der Waals surface area contributed by atoms with Gasteiger partial charge < -0.3 is 10.4 Å². The molecule has 0 aliphatic rings. The topological polar surface area (TPSA) is 62.2 Å². The van der Waals surface area contributed by atoms with Gasteiger partial charge in [-0.1, -0.05) is 11.6 Å². The van der Waals surface area contributed by atoms with Gasteiger partial charge >= 0.3 is 0 Å². The predicted molar refractivity (Wildman–Crippen MR) is 73.0 cm³/mol. The Balaban J connectivity index is 2.27. The summed E-state index contributed by atoms with van der Waals surface area (Å²) in [4.78, 5) is 15.6. The van der Waals surface area contributed by atoms with Crippen molar-refractivity contribution >= 4 is 39.1 Å². The first-order chi connectivity index (χ1) is 8.58. The molecule has 0 aliphatic carbocycles. The Labute approximate surface area is 117 Å². The molecule has 0 saturated heterocycles. The number of amides is 1. The molecule has 2 aromatic rings. The molecule has 0 fully saturated rings. The van der Waals surface area contributed by atoms with Crippen LogP contribution in [0.3, 0.4) is 0 Å². The van der Waals surface area contributed by atoms with Crippen molar-refractivity contribution in [2.45, 2.75) is 0 Å². The average molecular weight is 328 g/mol. The number of benzene rings is 1. The number of pyridine rings is 1. The van der Waals surface area contributed by atoms with Crippen molar-refractivity contribution in [3.8, 4) is 5.75 Å². The minimum atomic E-state index is -0.433. The summed E-state index contributed by atoms with van der Waals surface area (Å²) in [6, 6.07) is 6.47. The molecule has 0 spiro atoms. The molecule has 6 heteroatoms. The molecule has 1 aromatic heterocycles. The van der Waals surface area contributed by atoms with Crippen LogP contribution in [0, 0.1) is 0 Å². The third kappa shape index (κ3) is 2.80. The molecule has 0 radical (unpaired) electrons. The van der Waals surface area contributed by atoms with Gasteiger partial charge in [-0.25, -0.2) is 0 Å². The lowest BCUT2D eigenvalue weighted by Gasteiger charge is -2.08. The van der Waals surface area contributed by atoms with E-state index in [1.54, 1.807) is 18.2 Å². The smallest absolute Gasteiger partial charge is 0.259 e. The minimum Gasteiger partial charge on any atom is -0.505 e. The Kier molecular flexibility index (Phi) is 3.84. The van der Waals surface area contributed by atoms with E-state index in [-0.39, 0.29) is 11.3 Å². The van der Waals surface area contributed by atoms with Crippen molar-refractivity contribution in [3.05, 3.63) is 51.7 Å². The summed E-state index contributed by atoms with van der Waals surface area (Å²) in [6.45, 7) is 0. The van der Waals surface area contributed by atoms with Gasteiger partial charge in [0.05, 0.1) is 17.4 Å². The highest BCUT2D eigenvalue weighted by molar-refractivity contribution is 9.10. The largest absolute Gasteiger partial charge is 0.505 e. The van der Waals surface area contributed by atoms with Gasteiger partial charge in [0.2, 0.25) is 0 Å². The van der Waals surface area contributed by atoms with Gasteiger partial charge in [-0.3, -0.25) is 9.78 Å². The van der Waals surface area contributed by atoms with E-state index in [1.807, 2.05) is 0 Å². The highest BCUT2D eigenvalue weighted by Crippen LogP contribution is 2.27. The van der Waals surface area contributed by atoms with E-state index in [4.69, 9.17) is 11.6 Å². The second-order valence-corrected chi connectivity index (χ2v) is 4.76. The molecule has 2 N–H and O–H groups in total. The normalized spacial score (nSPS) is 10.1. The Morgan fingerprint density at radius 2 is 2.17 bits per heavy atom. The molecule has 1 aromatic carbocycles. The second kappa shape index (κ2) is 5.37. The first kappa shape index (κ1) is 12.9. The van der Waals surface area contributed by atoms with Crippen LogP contribution in [0.4, 0.5) is 5.69 Å². The van der Waals surface area contributed by atoms with Crippen LogP contribution < -0.4 is 5.32 Å². The Hall–Kier alpha value is -1.59. The van der Waals surface area contributed by atoms with Crippen LogP contribution in [0.2, 0.25) is 5.02 Å². The monoisotopic (exact) mass is 326 g/mol. The van der Waals surface area contributed by atoms with Gasteiger partial charge in [-0.05, 0) is 40.2 Å². The Morgan fingerprint density at radius 3 is 2.89 bits per heavy atom. The summed E-state index contributed by atoms with van der Waals surface area (Å²) in [5, 5.41) is 12.7. The van der Waals surface area contributed by atoms with E-state index < -0.39 is 5.91 Å². The SMILES string of the molecule is O=C(Nc1cc(Cl)ccc1Br)c1ccncc1O. The van der Waals surface area contributed by atoms with E-state index in [2.05, 4.69) is 26.2 Å². The first-order valence-corrected chi connectivity index (χ1v) is 6.14. The van der Waals surface area contributed by atoms with Crippen LogP contribution in [-0.2, 0) is 0 Å². The highest BCUT2D eigenvalue weighted by Gasteiger charge is 2.12. The molecule has 0 unspecified atom stereocenters. The number of carbonyl (C=O) groups excluding carboxylic acids is 1. The zero-order valence-electron chi connectivity index (χ0n) is 9.02. The molecule has 0 atom stereocenters. The molecule has 0 bridgehead atoms. The number of rotatable bonds is 2. The van der Waals surface area contributed by atoms with Gasteiger partial charge in [0.25, 0.3) is 5.91 Å². The fraction of sp³-hybridized carbons (Fsp3) is 0. The maximum atomic E-state index is 11.9. The van der Waals surface area contributed by atoms with Crippen molar-refractivity contribution < 1.29 is 9.90 Å². The maximum absolute atomic E-state index is 11.9. The van der Waals surface area contributed by atoms with Crippen molar-refractivity contribution in [1.82, 2.24) is 4.98 Å². The van der Waals surface area contributed by atoms with Gasteiger partial charge in [0.15, 0.2) is 0 Å². The summed E-state index contributed by atoms with van der Waals surface area (Å²) in [5.74, 6) is -0.606. The quantitative estimate of drug-likeness (QED) is 0.888. The minimum absolute atomic E-state index is 0.150. The van der Waals surface area contributed by atoms with E-state index in [0.717, 1.165) is 0 Å². The molecule has 2 rings (SSSR count). The lowest BCUT2D eigenvalue weighted by Crippen LogP contribution is -2.12. The number of halogens is 2. The summed E-state index contributed by atoms with van der Waals surface area (Å²) in [5.41, 5.74) is 0.681. The van der Waals surface area contributed by atoms with Gasteiger partial charge in [0, 0.05) is 15.7 Å². The molecule has 1 heterocycles. The predicted octanol–water partition coefficient (Wildman–Crippen LogP) is 3.46. The summed E-state index contributed by atoms with van der Waals surface area (Å²) in [6.07, 6.45) is 2.64. The fourth-order valence-electron chi connectivity index (χ4n) is 1.36. The molecule has 4 nitrogen and oxygen atoms in total. The van der Waals surface area contributed by atoms with Crippen LogP contribution in [0.25, 0.3) is 0 Å². The molecular weight excluding hydrogens is 320 g/mol. The van der Waals surface area contributed by atoms with Crippen LogP contribution in [0.15, 0.2) is 41.1 Å². The molecule has 1 amide bonds. The Morgan fingerprint density at radius 1 is 1.39 bits per heavy atom.